The molecule has 0 radical (unpaired) electrons. The van der Waals surface area contributed by atoms with Gasteiger partial charge in [0.1, 0.15) is 11.6 Å². The van der Waals surface area contributed by atoms with Crippen LogP contribution in [0, 0.1) is 5.92 Å². The Bertz CT molecular complexity index is 1120. The van der Waals surface area contributed by atoms with Crippen molar-refractivity contribution in [3.8, 4) is 17.1 Å². The molecule has 2 aromatic heterocycles. The molecule has 2 aliphatic rings. The molecule has 0 amide bonds. The van der Waals surface area contributed by atoms with Crippen molar-refractivity contribution in [1.29, 1.82) is 0 Å². The monoisotopic (exact) mass is 484 g/mol. The second-order valence-electron chi connectivity index (χ2n) is 7.95. The highest BCUT2D eigenvalue weighted by molar-refractivity contribution is 5.85. The minimum Gasteiger partial charge on any atom is -0.435 e. The number of nitrogens with zero attached hydrogens (tertiary/aromatic N) is 3. The predicted molar refractivity (Wildman–Crippen MR) is 122 cm³/mol. The number of benzene rings is 1. The number of hydrogen-bond acceptors (Lipinski definition) is 4. The normalized spacial score (nSPS) is 19.0. The van der Waals surface area contributed by atoms with Crippen LogP contribution in [-0.2, 0) is 13.1 Å². The third kappa shape index (κ3) is 4.67. The molecular formula is C22H24Cl2F2N4O2. The van der Waals surface area contributed by atoms with Gasteiger partial charge in [0.25, 0.3) is 5.56 Å². The summed E-state index contributed by atoms with van der Waals surface area (Å²) in [6.07, 6.45) is 4.62. The number of halogens is 4. The van der Waals surface area contributed by atoms with E-state index in [2.05, 4.69) is 21.1 Å². The van der Waals surface area contributed by atoms with Crippen LogP contribution in [0.25, 0.3) is 11.4 Å². The van der Waals surface area contributed by atoms with Gasteiger partial charge in [-0.2, -0.15) is 8.78 Å². The Labute approximate surface area is 196 Å². The SMILES string of the molecule is Cl.Cl.O=c1c(-c2nccn2Cc2ccc(OC(F)F)cc2)ccc2n1C[C@@H]1CNC[C@H]2C1. The summed E-state index contributed by atoms with van der Waals surface area (Å²) in [4.78, 5) is 17.7. The molecule has 32 heavy (non-hydrogen) atoms. The van der Waals surface area contributed by atoms with Gasteiger partial charge in [-0.3, -0.25) is 4.79 Å². The molecule has 1 aromatic carbocycles. The molecule has 2 bridgehead atoms. The maximum atomic E-state index is 13.3. The van der Waals surface area contributed by atoms with Crippen LogP contribution in [0.2, 0.25) is 0 Å². The highest BCUT2D eigenvalue weighted by Gasteiger charge is 2.31. The lowest BCUT2D eigenvalue weighted by Crippen LogP contribution is -2.45. The molecule has 2 aliphatic heterocycles. The molecule has 1 N–H and O–H groups in total. The summed E-state index contributed by atoms with van der Waals surface area (Å²) in [6, 6.07) is 10.4. The van der Waals surface area contributed by atoms with Gasteiger partial charge in [0, 0.05) is 43.6 Å². The summed E-state index contributed by atoms with van der Waals surface area (Å²) in [7, 11) is 0. The van der Waals surface area contributed by atoms with Crippen molar-refractivity contribution < 1.29 is 13.5 Å². The van der Waals surface area contributed by atoms with Crippen molar-refractivity contribution in [3.05, 3.63) is 70.4 Å². The Balaban J connectivity index is 0.00000144. The lowest BCUT2D eigenvalue weighted by molar-refractivity contribution is -0.0498. The Morgan fingerprint density at radius 1 is 1.12 bits per heavy atom. The van der Waals surface area contributed by atoms with Gasteiger partial charge in [-0.1, -0.05) is 12.1 Å². The first-order chi connectivity index (χ1) is 14.6. The molecule has 6 nitrogen and oxygen atoms in total. The van der Waals surface area contributed by atoms with Gasteiger partial charge in [0.05, 0.1) is 5.56 Å². The number of hydrogen-bond donors (Lipinski definition) is 1. The lowest BCUT2D eigenvalue weighted by Gasteiger charge is -2.37. The van der Waals surface area contributed by atoms with Crippen LogP contribution in [-0.4, -0.2) is 33.8 Å². The molecule has 172 valence electrons. The summed E-state index contributed by atoms with van der Waals surface area (Å²) >= 11 is 0. The highest BCUT2D eigenvalue weighted by Crippen LogP contribution is 2.32. The van der Waals surface area contributed by atoms with E-state index in [1.165, 1.54) is 12.1 Å². The molecular weight excluding hydrogens is 461 g/mol. The molecule has 1 saturated heterocycles. The maximum absolute atomic E-state index is 13.3. The minimum atomic E-state index is -2.84. The molecule has 0 saturated carbocycles. The summed E-state index contributed by atoms with van der Waals surface area (Å²) in [5, 5.41) is 3.46. The van der Waals surface area contributed by atoms with Crippen LogP contribution in [0.3, 0.4) is 0 Å². The van der Waals surface area contributed by atoms with Crippen molar-refractivity contribution in [2.45, 2.75) is 32.0 Å². The van der Waals surface area contributed by atoms with E-state index in [9.17, 15) is 13.6 Å². The van der Waals surface area contributed by atoms with E-state index in [4.69, 9.17) is 0 Å². The summed E-state index contributed by atoms with van der Waals surface area (Å²) in [5.74, 6) is 1.59. The largest absolute Gasteiger partial charge is 0.435 e. The highest BCUT2D eigenvalue weighted by atomic mass is 35.5. The van der Waals surface area contributed by atoms with Crippen molar-refractivity contribution in [2.75, 3.05) is 13.1 Å². The topological polar surface area (TPSA) is 61.1 Å². The van der Waals surface area contributed by atoms with Gasteiger partial charge in [0.2, 0.25) is 0 Å². The first kappa shape index (κ1) is 24.2. The van der Waals surface area contributed by atoms with E-state index in [-0.39, 0.29) is 36.1 Å². The Kier molecular flexibility index (Phi) is 7.59. The minimum absolute atomic E-state index is 0. The van der Waals surface area contributed by atoms with Crippen LogP contribution >= 0.6 is 24.8 Å². The number of alkyl halides is 2. The van der Waals surface area contributed by atoms with Crippen LogP contribution in [0.15, 0.2) is 53.6 Å². The standard InChI is InChI=1S/C22H22F2N4O2.2ClH/c23-22(24)30-17-3-1-14(2-4-17)12-27-8-7-26-20(27)18-5-6-19-16-9-15(10-25-11-16)13-28(19)21(18)29;;/h1-8,15-16,22,25H,9-13H2;2*1H/t15-,16+;;/m0../s1. The van der Waals surface area contributed by atoms with E-state index >= 15 is 0 Å². The number of aromatic nitrogens is 3. The average molecular weight is 485 g/mol. The van der Waals surface area contributed by atoms with Crippen molar-refractivity contribution in [3.63, 3.8) is 0 Å². The van der Waals surface area contributed by atoms with Crippen LogP contribution in [0.1, 0.15) is 23.6 Å². The van der Waals surface area contributed by atoms with Gasteiger partial charge >= 0.3 is 6.61 Å². The number of imidazole rings is 1. The first-order valence-corrected chi connectivity index (χ1v) is 10.1. The molecule has 0 aliphatic carbocycles. The number of fused-ring (bicyclic) bond motifs is 4. The number of pyridine rings is 1. The molecule has 0 unspecified atom stereocenters. The zero-order valence-corrected chi connectivity index (χ0v) is 18.7. The van der Waals surface area contributed by atoms with Gasteiger partial charge in [-0.15, -0.1) is 24.8 Å². The molecule has 1 fully saturated rings. The fourth-order valence-corrected chi connectivity index (χ4v) is 4.61. The maximum Gasteiger partial charge on any atom is 0.387 e. The van der Waals surface area contributed by atoms with Gasteiger partial charge in [-0.05, 0) is 48.7 Å². The summed E-state index contributed by atoms with van der Waals surface area (Å²) in [6.45, 7) is 0.226. The van der Waals surface area contributed by atoms with Crippen molar-refractivity contribution in [1.82, 2.24) is 19.4 Å². The van der Waals surface area contributed by atoms with Gasteiger partial charge in [0.15, 0.2) is 0 Å². The predicted octanol–water partition coefficient (Wildman–Crippen LogP) is 3.91. The number of piperidine rings is 1. The number of ether oxygens (including phenoxy) is 1. The quantitative estimate of drug-likeness (QED) is 0.596. The number of rotatable bonds is 5. The fraction of sp³-hybridized carbons (Fsp3) is 0.364. The van der Waals surface area contributed by atoms with Crippen molar-refractivity contribution >= 4 is 24.8 Å². The first-order valence-electron chi connectivity index (χ1n) is 10.1. The second kappa shape index (κ2) is 10.0. The zero-order valence-electron chi connectivity index (χ0n) is 17.1. The Morgan fingerprint density at radius 3 is 2.66 bits per heavy atom. The van der Waals surface area contributed by atoms with E-state index < -0.39 is 6.61 Å². The van der Waals surface area contributed by atoms with E-state index in [1.807, 2.05) is 21.4 Å². The van der Waals surface area contributed by atoms with Crippen molar-refractivity contribution in [2.24, 2.45) is 5.92 Å². The summed E-state index contributed by atoms with van der Waals surface area (Å²) < 4.78 is 32.9. The Hall–Kier alpha value is -2.42. The molecule has 2 atom stereocenters. The fourth-order valence-electron chi connectivity index (χ4n) is 4.61. The molecule has 10 heteroatoms. The molecule has 0 spiro atoms. The van der Waals surface area contributed by atoms with E-state index in [0.29, 0.717) is 29.8 Å². The van der Waals surface area contributed by atoms with E-state index in [1.54, 1.807) is 18.3 Å². The second-order valence-corrected chi connectivity index (χ2v) is 7.95. The van der Waals surface area contributed by atoms with Crippen LogP contribution in [0.4, 0.5) is 8.78 Å². The summed E-state index contributed by atoms with van der Waals surface area (Å²) in [5.41, 5.74) is 2.57. The third-order valence-electron chi connectivity index (χ3n) is 5.97. The van der Waals surface area contributed by atoms with Crippen LogP contribution in [0.5, 0.6) is 5.75 Å². The average Bonchev–Trinajstić information content (AvgIpc) is 3.18. The van der Waals surface area contributed by atoms with Gasteiger partial charge in [-0.25, -0.2) is 4.98 Å². The lowest BCUT2D eigenvalue weighted by atomic mass is 9.84. The molecule has 3 aromatic rings. The number of nitrogens with one attached hydrogen (secondary N) is 1. The molecule has 4 heterocycles. The smallest absolute Gasteiger partial charge is 0.387 e. The van der Waals surface area contributed by atoms with E-state index in [0.717, 1.165) is 37.3 Å². The van der Waals surface area contributed by atoms with Gasteiger partial charge < -0.3 is 19.2 Å². The third-order valence-corrected chi connectivity index (χ3v) is 5.97. The molecule has 5 rings (SSSR count). The zero-order chi connectivity index (χ0) is 20.7. The Morgan fingerprint density at radius 2 is 1.91 bits per heavy atom. The van der Waals surface area contributed by atoms with Crippen LogP contribution < -0.4 is 15.6 Å².